The van der Waals surface area contributed by atoms with E-state index >= 15 is 0 Å². The first-order valence-electron chi connectivity index (χ1n) is 7.64. The number of piperazine rings is 1. The van der Waals surface area contributed by atoms with Crippen LogP contribution in [-0.4, -0.2) is 48.0 Å². The van der Waals surface area contributed by atoms with E-state index in [0.717, 1.165) is 31.9 Å². The number of benzene rings is 1. The van der Waals surface area contributed by atoms with E-state index in [2.05, 4.69) is 65.2 Å². The van der Waals surface area contributed by atoms with E-state index in [1.54, 1.807) is 0 Å². The third-order valence-electron chi connectivity index (χ3n) is 4.26. The highest BCUT2D eigenvalue weighted by Gasteiger charge is 2.26. The summed E-state index contributed by atoms with van der Waals surface area (Å²) in [5, 5.41) is 0. The van der Waals surface area contributed by atoms with Crippen molar-refractivity contribution in [3.8, 4) is 0 Å². The van der Waals surface area contributed by atoms with Crippen LogP contribution in [0.3, 0.4) is 0 Å². The minimum absolute atomic E-state index is 0.264. The molecule has 3 heteroatoms. The molecule has 3 rings (SSSR count). The summed E-state index contributed by atoms with van der Waals surface area (Å²) >= 11 is 0. The number of aromatic nitrogens is 1. The molecule has 1 aliphatic rings. The predicted molar refractivity (Wildman–Crippen MR) is 86.3 cm³/mol. The van der Waals surface area contributed by atoms with Gasteiger partial charge in [-0.1, -0.05) is 35.9 Å². The molecule has 1 aromatic carbocycles. The summed E-state index contributed by atoms with van der Waals surface area (Å²) in [6, 6.07) is 15.4. The Balaban J connectivity index is 1.93. The third-order valence-corrected chi connectivity index (χ3v) is 4.26. The molecule has 0 bridgehead atoms. The van der Waals surface area contributed by atoms with Gasteiger partial charge in [0.25, 0.3) is 0 Å². The summed E-state index contributed by atoms with van der Waals surface area (Å²) in [6.45, 7) is 6.55. The molecule has 2 aromatic rings. The maximum absolute atomic E-state index is 4.62. The molecule has 0 N–H and O–H groups in total. The molecular weight excluding hydrogens is 258 g/mol. The minimum atomic E-state index is 0.264. The molecule has 110 valence electrons. The van der Waals surface area contributed by atoms with E-state index < -0.39 is 0 Å². The van der Waals surface area contributed by atoms with Crippen LogP contribution in [-0.2, 0) is 0 Å². The standard InChI is InChI=1S/C18H23N3/c1-15-6-8-16(9-7-15)18(17-5-3-4-10-19-17)21-13-11-20(2)12-14-21/h3-10,18H,11-14H2,1-2H3. The summed E-state index contributed by atoms with van der Waals surface area (Å²) in [7, 11) is 2.19. The Morgan fingerprint density at radius 2 is 1.67 bits per heavy atom. The molecule has 0 spiro atoms. The Bertz CT molecular complexity index is 557. The average molecular weight is 281 g/mol. The second kappa shape index (κ2) is 6.37. The van der Waals surface area contributed by atoms with Crippen molar-refractivity contribution in [2.45, 2.75) is 13.0 Å². The largest absolute Gasteiger partial charge is 0.304 e. The van der Waals surface area contributed by atoms with Crippen molar-refractivity contribution in [1.82, 2.24) is 14.8 Å². The van der Waals surface area contributed by atoms with E-state index in [0.29, 0.717) is 0 Å². The van der Waals surface area contributed by atoms with Crippen molar-refractivity contribution < 1.29 is 0 Å². The molecule has 0 radical (unpaired) electrons. The van der Waals surface area contributed by atoms with Crippen LogP contribution in [0.1, 0.15) is 22.9 Å². The number of rotatable bonds is 3. The number of hydrogen-bond donors (Lipinski definition) is 0. The van der Waals surface area contributed by atoms with Crippen molar-refractivity contribution in [1.29, 1.82) is 0 Å². The van der Waals surface area contributed by atoms with Crippen LogP contribution in [0.5, 0.6) is 0 Å². The lowest BCUT2D eigenvalue weighted by molar-refractivity contribution is 0.125. The average Bonchev–Trinajstić information content (AvgIpc) is 2.52. The Kier molecular flexibility index (Phi) is 4.32. The first kappa shape index (κ1) is 14.2. The van der Waals surface area contributed by atoms with Gasteiger partial charge >= 0.3 is 0 Å². The quantitative estimate of drug-likeness (QED) is 0.862. The number of aryl methyl sites for hydroxylation is 1. The normalized spacial score (nSPS) is 18.6. The van der Waals surface area contributed by atoms with Crippen LogP contribution in [0.25, 0.3) is 0 Å². The molecule has 2 heterocycles. The fraction of sp³-hybridized carbons (Fsp3) is 0.389. The fourth-order valence-corrected chi connectivity index (χ4v) is 2.94. The molecule has 1 saturated heterocycles. The Labute approximate surface area is 127 Å². The Morgan fingerprint density at radius 1 is 0.952 bits per heavy atom. The van der Waals surface area contributed by atoms with Crippen LogP contribution in [0, 0.1) is 6.92 Å². The lowest BCUT2D eigenvalue weighted by Gasteiger charge is -2.38. The van der Waals surface area contributed by atoms with Gasteiger partial charge in [0.15, 0.2) is 0 Å². The SMILES string of the molecule is Cc1ccc(C(c2ccccn2)N2CCN(C)CC2)cc1. The Morgan fingerprint density at radius 3 is 2.29 bits per heavy atom. The van der Waals surface area contributed by atoms with Crippen LogP contribution < -0.4 is 0 Å². The summed E-state index contributed by atoms with van der Waals surface area (Å²) in [5.41, 5.74) is 3.78. The third kappa shape index (κ3) is 3.31. The summed E-state index contributed by atoms with van der Waals surface area (Å²) in [5.74, 6) is 0. The zero-order valence-corrected chi connectivity index (χ0v) is 12.9. The van der Waals surface area contributed by atoms with Gasteiger partial charge in [0.1, 0.15) is 0 Å². The van der Waals surface area contributed by atoms with Crippen LogP contribution in [0.15, 0.2) is 48.7 Å². The second-order valence-corrected chi connectivity index (χ2v) is 5.91. The van der Waals surface area contributed by atoms with Gasteiger partial charge in [0.05, 0.1) is 11.7 Å². The number of likely N-dealkylation sites (N-methyl/N-ethyl adjacent to an activating group) is 1. The van der Waals surface area contributed by atoms with Crippen LogP contribution >= 0.6 is 0 Å². The maximum Gasteiger partial charge on any atom is 0.0777 e. The van der Waals surface area contributed by atoms with Gasteiger partial charge in [-0.3, -0.25) is 9.88 Å². The predicted octanol–water partition coefficient (Wildman–Crippen LogP) is 2.73. The number of pyridine rings is 1. The summed E-state index contributed by atoms with van der Waals surface area (Å²) in [6.07, 6.45) is 1.90. The summed E-state index contributed by atoms with van der Waals surface area (Å²) in [4.78, 5) is 9.56. The van der Waals surface area contributed by atoms with Gasteiger partial charge in [0, 0.05) is 32.4 Å². The lowest BCUT2D eigenvalue weighted by Crippen LogP contribution is -2.46. The molecule has 0 aliphatic carbocycles. The molecule has 0 saturated carbocycles. The van der Waals surface area contributed by atoms with Gasteiger partial charge in [-0.2, -0.15) is 0 Å². The molecular formula is C18H23N3. The van der Waals surface area contributed by atoms with Crippen LogP contribution in [0.2, 0.25) is 0 Å². The van der Waals surface area contributed by atoms with Gasteiger partial charge in [-0.25, -0.2) is 0 Å². The van der Waals surface area contributed by atoms with Crippen molar-refractivity contribution in [3.05, 3.63) is 65.5 Å². The monoisotopic (exact) mass is 281 g/mol. The molecule has 21 heavy (non-hydrogen) atoms. The van der Waals surface area contributed by atoms with Crippen molar-refractivity contribution in [2.75, 3.05) is 33.2 Å². The molecule has 1 aliphatic heterocycles. The highest BCUT2D eigenvalue weighted by molar-refractivity contribution is 5.30. The van der Waals surface area contributed by atoms with Crippen molar-refractivity contribution in [3.63, 3.8) is 0 Å². The topological polar surface area (TPSA) is 19.4 Å². The van der Waals surface area contributed by atoms with Crippen molar-refractivity contribution in [2.24, 2.45) is 0 Å². The lowest BCUT2D eigenvalue weighted by atomic mass is 9.99. The number of nitrogens with zero attached hydrogens (tertiary/aromatic N) is 3. The highest BCUT2D eigenvalue weighted by atomic mass is 15.3. The van der Waals surface area contributed by atoms with E-state index in [1.165, 1.54) is 11.1 Å². The van der Waals surface area contributed by atoms with Gasteiger partial charge < -0.3 is 4.90 Å². The van der Waals surface area contributed by atoms with Gasteiger partial charge in [0.2, 0.25) is 0 Å². The molecule has 1 unspecified atom stereocenters. The fourth-order valence-electron chi connectivity index (χ4n) is 2.94. The zero-order chi connectivity index (χ0) is 14.7. The smallest absolute Gasteiger partial charge is 0.0777 e. The van der Waals surface area contributed by atoms with E-state index in [1.807, 2.05) is 12.3 Å². The zero-order valence-electron chi connectivity index (χ0n) is 12.9. The molecule has 1 aromatic heterocycles. The first-order chi connectivity index (χ1) is 10.2. The maximum atomic E-state index is 4.62. The van der Waals surface area contributed by atoms with Crippen molar-refractivity contribution >= 4 is 0 Å². The summed E-state index contributed by atoms with van der Waals surface area (Å²) < 4.78 is 0. The molecule has 1 atom stereocenters. The van der Waals surface area contributed by atoms with E-state index in [-0.39, 0.29) is 6.04 Å². The first-order valence-corrected chi connectivity index (χ1v) is 7.64. The molecule has 0 amide bonds. The minimum Gasteiger partial charge on any atom is -0.304 e. The number of hydrogen-bond acceptors (Lipinski definition) is 3. The van der Waals surface area contributed by atoms with Gasteiger partial charge in [-0.05, 0) is 31.7 Å². The van der Waals surface area contributed by atoms with Crippen LogP contribution in [0.4, 0.5) is 0 Å². The molecule has 1 fully saturated rings. The van der Waals surface area contributed by atoms with E-state index in [9.17, 15) is 0 Å². The van der Waals surface area contributed by atoms with E-state index in [4.69, 9.17) is 0 Å². The highest BCUT2D eigenvalue weighted by Crippen LogP contribution is 2.28. The second-order valence-electron chi connectivity index (χ2n) is 5.91. The molecule has 3 nitrogen and oxygen atoms in total. The Hall–Kier alpha value is -1.71. The van der Waals surface area contributed by atoms with Gasteiger partial charge in [-0.15, -0.1) is 0 Å².